The number of aliphatic hydroxyl groups is 1. The molecule has 0 aliphatic carbocycles. The summed E-state index contributed by atoms with van der Waals surface area (Å²) in [4.78, 5) is 4.13. The maximum absolute atomic E-state index is 10.0. The first kappa shape index (κ1) is 18.2. The summed E-state index contributed by atoms with van der Waals surface area (Å²) in [6.07, 6.45) is 5.33. The molecule has 1 aromatic rings. The molecular formula is C13H24IN5O2. The van der Waals surface area contributed by atoms with Crippen LogP contribution in [0.15, 0.2) is 17.4 Å². The highest BCUT2D eigenvalue weighted by atomic mass is 127. The van der Waals surface area contributed by atoms with E-state index in [2.05, 4.69) is 20.7 Å². The van der Waals surface area contributed by atoms with Crippen LogP contribution in [0.4, 0.5) is 0 Å². The number of aliphatic imine (C=N–C) groups is 1. The van der Waals surface area contributed by atoms with E-state index in [9.17, 15) is 5.11 Å². The molecule has 1 aliphatic heterocycles. The highest BCUT2D eigenvalue weighted by Crippen LogP contribution is 2.11. The summed E-state index contributed by atoms with van der Waals surface area (Å²) in [6, 6.07) is 0. The number of hydrogen-bond donors (Lipinski definition) is 3. The van der Waals surface area contributed by atoms with E-state index in [1.165, 1.54) is 0 Å². The Bertz CT molecular complexity index is 446. The van der Waals surface area contributed by atoms with Gasteiger partial charge in [-0.05, 0) is 12.8 Å². The van der Waals surface area contributed by atoms with Crippen molar-refractivity contribution in [1.29, 1.82) is 0 Å². The zero-order chi connectivity index (χ0) is 14.4. The number of aliphatic hydroxyl groups excluding tert-OH is 1. The van der Waals surface area contributed by atoms with Gasteiger partial charge in [0.05, 0.1) is 18.4 Å². The average Bonchev–Trinajstić information content (AvgIpc) is 3.10. The second-order valence-electron chi connectivity index (χ2n) is 4.93. The van der Waals surface area contributed by atoms with Gasteiger partial charge in [-0.3, -0.25) is 9.67 Å². The van der Waals surface area contributed by atoms with Crippen LogP contribution in [0.1, 0.15) is 24.5 Å². The van der Waals surface area contributed by atoms with E-state index in [1.807, 2.05) is 7.05 Å². The highest BCUT2D eigenvalue weighted by Gasteiger charge is 2.16. The van der Waals surface area contributed by atoms with Crippen LogP contribution in [0, 0.1) is 0 Å². The molecule has 0 saturated carbocycles. The van der Waals surface area contributed by atoms with Crippen LogP contribution in [0.25, 0.3) is 0 Å². The van der Waals surface area contributed by atoms with Crippen molar-refractivity contribution in [3.8, 4) is 0 Å². The van der Waals surface area contributed by atoms with Gasteiger partial charge in [-0.2, -0.15) is 5.10 Å². The first-order valence-electron chi connectivity index (χ1n) is 6.91. The molecule has 21 heavy (non-hydrogen) atoms. The fourth-order valence-corrected chi connectivity index (χ4v) is 2.16. The lowest BCUT2D eigenvalue weighted by Gasteiger charge is -2.16. The molecule has 8 heteroatoms. The van der Waals surface area contributed by atoms with Crippen LogP contribution in [-0.2, 0) is 11.8 Å². The first-order chi connectivity index (χ1) is 9.69. The maximum atomic E-state index is 10.0. The quantitative estimate of drug-likeness (QED) is 0.373. The number of aryl methyl sites for hydroxylation is 1. The van der Waals surface area contributed by atoms with E-state index in [4.69, 9.17) is 4.74 Å². The summed E-state index contributed by atoms with van der Waals surface area (Å²) in [5.41, 5.74) is 0.787. The Morgan fingerprint density at radius 3 is 3.00 bits per heavy atom. The van der Waals surface area contributed by atoms with Gasteiger partial charge in [0.1, 0.15) is 0 Å². The number of hydrogen-bond acceptors (Lipinski definition) is 4. The van der Waals surface area contributed by atoms with Crippen LogP contribution < -0.4 is 10.6 Å². The smallest absolute Gasteiger partial charge is 0.191 e. The molecule has 0 aromatic carbocycles. The third-order valence-electron chi connectivity index (χ3n) is 3.32. The van der Waals surface area contributed by atoms with Gasteiger partial charge in [0, 0.05) is 45.6 Å². The third kappa shape index (κ3) is 5.79. The number of guanidine groups is 1. The van der Waals surface area contributed by atoms with Crippen molar-refractivity contribution in [2.24, 2.45) is 12.0 Å². The predicted octanol–water partition coefficient (Wildman–Crippen LogP) is 0.415. The molecular weight excluding hydrogens is 385 g/mol. The van der Waals surface area contributed by atoms with Crippen molar-refractivity contribution < 1.29 is 9.84 Å². The summed E-state index contributed by atoms with van der Waals surface area (Å²) in [7, 11) is 3.53. The summed E-state index contributed by atoms with van der Waals surface area (Å²) in [6.45, 7) is 1.97. The second-order valence-corrected chi connectivity index (χ2v) is 4.93. The lowest BCUT2D eigenvalue weighted by atomic mass is 10.2. The number of aromatic nitrogens is 2. The molecule has 0 spiro atoms. The third-order valence-corrected chi connectivity index (χ3v) is 3.32. The Hall–Kier alpha value is -0.870. The number of rotatable bonds is 5. The number of nitrogens with one attached hydrogen (secondary N) is 2. The molecule has 2 heterocycles. The SMILES string of the molecule is CN=C(NCC1CCCO1)NCC(O)c1cnn(C)c1.I. The molecule has 2 rings (SSSR count). The van der Waals surface area contributed by atoms with Crippen molar-refractivity contribution in [3.05, 3.63) is 18.0 Å². The molecule has 2 unspecified atom stereocenters. The Morgan fingerprint density at radius 2 is 2.43 bits per heavy atom. The van der Waals surface area contributed by atoms with Crippen LogP contribution in [0.3, 0.4) is 0 Å². The summed E-state index contributed by atoms with van der Waals surface area (Å²) < 4.78 is 7.21. The van der Waals surface area contributed by atoms with Gasteiger partial charge < -0.3 is 20.5 Å². The van der Waals surface area contributed by atoms with Crippen LogP contribution >= 0.6 is 24.0 Å². The topological polar surface area (TPSA) is 83.7 Å². The minimum Gasteiger partial charge on any atom is -0.386 e. The molecule has 0 bridgehead atoms. The summed E-state index contributed by atoms with van der Waals surface area (Å²) in [5, 5.41) is 20.4. The van der Waals surface area contributed by atoms with E-state index < -0.39 is 6.10 Å². The van der Waals surface area contributed by atoms with Gasteiger partial charge in [-0.15, -0.1) is 24.0 Å². The normalized spacial score (nSPS) is 20.0. The summed E-state index contributed by atoms with van der Waals surface area (Å²) in [5.74, 6) is 0.670. The zero-order valence-corrected chi connectivity index (χ0v) is 14.8. The monoisotopic (exact) mass is 409 g/mol. The van der Waals surface area contributed by atoms with Crippen LogP contribution in [-0.4, -0.2) is 53.7 Å². The maximum Gasteiger partial charge on any atom is 0.191 e. The molecule has 120 valence electrons. The van der Waals surface area contributed by atoms with Crippen LogP contribution in [0.5, 0.6) is 0 Å². The van der Waals surface area contributed by atoms with Gasteiger partial charge in [0.2, 0.25) is 0 Å². The number of nitrogens with zero attached hydrogens (tertiary/aromatic N) is 3. The Labute approximate surface area is 142 Å². The van der Waals surface area contributed by atoms with Crippen molar-refractivity contribution in [3.63, 3.8) is 0 Å². The lowest BCUT2D eigenvalue weighted by Crippen LogP contribution is -2.42. The zero-order valence-electron chi connectivity index (χ0n) is 12.5. The van der Waals surface area contributed by atoms with Gasteiger partial charge >= 0.3 is 0 Å². The molecule has 1 aliphatic rings. The molecule has 2 atom stereocenters. The minimum atomic E-state index is -0.606. The fourth-order valence-electron chi connectivity index (χ4n) is 2.16. The molecule has 7 nitrogen and oxygen atoms in total. The molecule has 1 fully saturated rings. The molecule has 3 N–H and O–H groups in total. The van der Waals surface area contributed by atoms with Gasteiger partial charge in [0.25, 0.3) is 0 Å². The standard InChI is InChI=1S/C13H23N5O2.HI/c1-14-13(15-7-11-4-3-5-20-11)16-8-12(19)10-6-17-18(2)9-10;/h6,9,11-12,19H,3-5,7-8H2,1-2H3,(H2,14,15,16);1H. The van der Waals surface area contributed by atoms with E-state index >= 15 is 0 Å². The fraction of sp³-hybridized carbons (Fsp3) is 0.692. The van der Waals surface area contributed by atoms with Gasteiger partial charge in [-0.1, -0.05) is 0 Å². The lowest BCUT2D eigenvalue weighted by molar-refractivity contribution is 0.113. The Balaban J connectivity index is 0.00000220. The van der Waals surface area contributed by atoms with E-state index in [0.29, 0.717) is 12.5 Å². The second kappa shape index (κ2) is 9.21. The highest BCUT2D eigenvalue weighted by molar-refractivity contribution is 14.0. The minimum absolute atomic E-state index is 0. The van der Waals surface area contributed by atoms with Crippen LogP contribution in [0.2, 0.25) is 0 Å². The molecule has 1 saturated heterocycles. The number of ether oxygens (including phenoxy) is 1. The largest absolute Gasteiger partial charge is 0.386 e. The Kier molecular flexibility index (Phi) is 7.97. The Morgan fingerprint density at radius 1 is 1.62 bits per heavy atom. The first-order valence-corrected chi connectivity index (χ1v) is 6.91. The van der Waals surface area contributed by atoms with Gasteiger partial charge in [-0.25, -0.2) is 0 Å². The van der Waals surface area contributed by atoms with Crippen molar-refractivity contribution in [1.82, 2.24) is 20.4 Å². The average molecular weight is 409 g/mol. The molecule has 1 aromatic heterocycles. The van der Waals surface area contributed by atoms with Gasteiger partial charge in [0.15, 0.2) is 5.96 Å². The predicted molar refractivity (Wildman–Crippen MR) is 91.9 cm³/mol. The van der Waals surface area contributed by atoms with Crippen molar-refractivity contribution >= 4 is 29.9 Å². The van der Waals surface area contributed by atoms with Crippen molar-refractivity contribution in [2.45, 2.75) is 25.0 Å². The summed E-state index contributed by atoms with van der Waals surface area (Å²) >= 11 is 0. The molecule has 0 radical (unpaired) electrons. The van der Waals surface area contributed by atoms with E-state index in [-0.39, 0.29) is 30.1 Å². The van der Waals surface area contributed by atoms with E-state index in [1.54, 1.807) is 24.1 Å². The van der Waals surface area contributed by atoms with Crippen molar-refractivity contribution in [2.75, 3.05) is 26.7 Å². The number of halogens is 1. The van der Waals surface area contributed by atoms with E-state index in [0.717, 1.165) is 31.6 Å². The molecule has 0 amide bonds.